The second-order valence-corrected chi connectivity index (χ2v) is 6.17. The highest BCUT2D eigenvalue weighted by Crippen LogP contribution is 2.31. The molecule has 1 fully saturated rings. The summed E-state index contributed by atoms with van der Waals surface area (Å²) < 4.78 is 0. The number of likely N-dealkylation sites (N-methyl/N-ethyl adjacent to an activating group) is 1. The maximum Gasteiger partial charge on any atom is 0.245 e. The molecule has 3 heterocycles. The van der Waals surface area contributed by atoms with E-state index in [2.05, 4.69) is 28.9 Å². The van der Waals surface area contributed by atoms with Crippen LogP contribution in [-0.2, 0) is 11.2 Å². The van der Waals surface area contributed by atoms with E-state index in [4.69, 9.17) is 0 Å². The quantitative estimate of drug-likeness (QED) is 0.812. The standard InChI is InChI=1S/C12H15N3O.C7H8/c1-14-6-4-11(12(14)16)15-7-3-9-8-13-5-2-10(9)15;1-7-5-3-2-4-6-7/h2,5,8,11H,3-4,6-7H2,1H3;2-6H,1H3. The van der Waals surface area contributed by atoms with Crippen LogP contribution in [0.15, 0.2) is 48.8 Å². The lowest BCUT2D eigenvalue weighted by Gasteiger charge is -2.25. The molecular formula is C19H23N3O. The molecule has 1 saturated heterocycles. The molecule has 1 aromatic heterocycles. The largest absolute Gasteiger partial charge is 0.359 e. The zero-order valence-corrected chi connectivity index (χ0v) is 13.8. The van der Waals surface area contributed by atoms with E-state index in [9.17, 15) is 4.79 Å². The van der Waals surface area contributed by atoms with E-state index >= 15 is 0 Å². The molecule has 2 aliphatic heterocycles. The minimum atomic E-state index is 0.0497. The van der Waals surface area contributed by atoms with Gasteiger partial charge in [0, 0.05) is 38.2 Å². The van der Waals surface area contributed by atoms with E-state index in [1.54, 1.807) is 6.20 Å². The van der Waals surface area contributed by atoms with Crippen LogP contribution in [0.4, 0.5) is 5.69 Å². The number of pyridine rings is 1. The number of nitrogens with zero attached hydrogens (tertiary/aromatic N) is 3. The first kappa shape index (κ1) is 15.5. The summed E-state index contributed by atoms with van der Waals surface area (Å²) in [6.45, 7) is 3.91. The van der Waals surface area contributed by atoms with E-state index in [1.807, 2.05) is 42.4 Å². The summed E-state index contributed by atoms with van der Waals surface area (Å²) in [7, 11) is 1.88. The molecule has 2 aliphatic rings. The van der Waals surface area contributed by atoms with Crippen molar-refractivity contribution in [2.75, 3.05) is 25.0 Å². The van der Waals surface area contributed by atoms with Crippen LogP contribution >= 0.6 is 0 Å². The van der Waals surface area contributed by atoms with Crippen LogP contribution in [-0.4, -0.2) is 42.0 Å². The number of aryl methyl sites for hydroxylation is 1. The fraction of sp³-hybridized carbons (Fsp3) is 0.368. The van der Waals surface area contributed by atoms with E-state index in [1.165, 1.54) is 16.8 Å². The van der Waals surface area contributed by atoms with Gasteiger partial charge in [0.1, 0.15) is 6.04 Å². The average Bonchev–Trinajstić information content (AvgIpc) is 3.13. The van der Waals surface area contributed by atoms with Crippen LogP contribution < -0.4 is 4.90 Å². The van der Waals surface area contributed by atoms with Crippen molar-refractivity contribution in [2.24, 2.45) is 0 Å². The lowest BCUT2D eigenvalue weighted by molar-refractivity contribution is -0.127. The lowest BCUT2D eigenvalue weighted by atomic mass is 10.2. The third-order valence-corrected chi connectivity index (χ3v) is 4.53. The Morgan fingerprint density at radius 3 is 2.52 bits per heavy atom. The maximum atomic E-state index is 12.0. The number of rotatable bonds is 1. The highest BCUT2D eigenvalue weighted by molar-refractivity contribution is 5.87. The molecule has 1 unspecified atom stereocenters. The summed E-state index contributed by atoms with van der Waals surface area (Å²) in [5.41, 5.74) is 3.79. The number of carbonyl (C=O) groups excluding carboxylic acids is 1. The van der Waals surface area contributed by atoms with Crippen LogP contribution in [0.3, 0.4) is 0 Å². The van der Waals surface area contributed by atoms with Crippen molar-refractivity contribution < 1.29 is 4.79 Å². The first-order chi connectivity index (χ1) is 11.2. The fourth-order valence-corrected chi connectivity index (χ4v) is 3.21. The fourth-order valence-electron chi connectivity index (χ4n) is 3.21. The van der Waals surface area contributed by atoms with Gasteiger partial charge in [0.05, 0.1) is 0 Å². The summed E-state index contributed by atoms with van der Waals surface area (Å²) in [6, 6.07) is 12.3. The molecule has 0 radical (unpaired) electrons. The van der Waals surface area contributed by atoms with Crippen molar-refractivity contribution in [3.63, 3.8) is 0 Å². The summed E-state index contributed by atoms with van der Waals surface area (Å²) in [5.74, 6) is 0.254. The zero-order chi connectivity index (χ0) is 16.2. The Morgan fingerprint density at radius 2 is 1.91 bits per heavy atom. The molecule has 2 aromatic rings. The van der Waals surface area contributed by atoms with Gasteiger partial charge in [-0.1, -0.05) is 35.9 Å². The van der Waals surface area contributed by atoms with E-state index < -0.39 is 0 Å². The maximum absolute atomic E-state index is 12.0. The highest BCUT2D eigenvalue weighted by atomic mass is 16.2. The van der Waals surface area contributed by atoms with E-state index in [0.29, 0.717) is 0 Å². The molecule has 120 valence electrons. The van der Waals surface area contributed by atoms with Gasteiger partial charge in [-0.2, -0.15) is 0 Å². The van der Waals surface area contributed by atoms with Crippen molar-refractivity contribution in [1.82, 2.24) is 9.88 Å². The highest BCUT2D eigenvalue weighted by Gasteiger charge is 2.36. The van der Waals surface area contributed by atoms with Gasteiger partial charge < -0.3 is 9.80 Å². The van der Waals surface area contributed by atoms with Gasteiger partial charge in [-0.3, -0.25) is 9.78 Å². The number of aromatic nitrogens is 1. The SMILES string of the molecule is CN1CCC(N2CCc3cnccc32)C1=O.Cc1ccccc1. The molecule has 4 heteroatoms. The predicted molar refractivity (Wildman–Crippen MR) is 92.5 cm³/mol. The van der Waals surface area contributed by atoms with Crippen LogP contribution in [0.5, 0.6) is 0 Å². The molecule has 0 saturated carbocycles. The summed E-state index contributed by atoms with van der Waals surface area (Å²) >= 11 is 0. The molecule has 0 spiro atoms. The second kappa shape index (κ2) is 6.82. The Labute approximate surface area is 137 Å². The number of hydrogen-bond acceptors (Lipinski definition) is 3. The smallest absolute Gasteiger partial charge is 0.245 e. The number of anilines is 1. The Balaban J connectivity index is 0.000000188. The molecular weight excluding hydrogens is 286 g/mol. The van der Waals surface area contributed by atoms with Crippen molar-refractivity contribution >= 4 is 11.6 Å². The van der Waals surface area contributed by atoms with Crippen LogP contribution in [0.2, 0.25) is 0 Å². The number of amides is 1. The Hall–Kier alpha value is -2.36. The first-order valence-corrected chi connectivity index (χ1v) is 8.13. The normalized spacial score (nSPS) is 19.4. The molecule has 0 aliphatic carbocycles. The predicted octanol–water partition coefficient (Wildman–Crippen LogP) is 2.67. The van der Waals surface area contributed by atoms with Crippen LogP contribution in [0.25, 0.3) is 0 Å². The molecule has 23 heavy (non-hydrogen) atoms. The van der Waals surface area contributed by atoms with Gasteiger partial charge in [-0.15, -0.1) is 0 Å². The van der Waals surface area contributed by atoms with Gasteiger partial charge in [0.15, 0.2) is 0 Å². The summed E-state index contributed by atoms with van der Waals surface area (Å²) in [6.07, 6.45) is 5.67. The van der Waals surface area contributed by atoms with Crippen molar-refractivity contribution in [1.29, 1.82) is 0 Å². The van der Waals surface area contributed by atoms with Crippen molar-refractivity contribution in [2.45, 2.75) is 25.8 Å². The number of likely N-dealkylation sites (tertiary alicyclic amines) is 1. The number of hydrogen-bond donors (Lipinski definition) is 0. The Bertz CT molecular complexity index is 671. The monoisotopic (exact) mass is 309 g/mol. The third-order valence-electron chi connectivity index (χ3n) is 4.53. The van der Waals surface area contributed by atoms with Crippen LogP contribution in [0.1, 0.15) is 17.5 Å². The van der Waals surface area contributed by atoms with E-state index in [-0.39, 0.29) is 11.9 Å². The van der Waals surface area contributed by atoms with Crippen LogP contribution in [0, 0.1) is 6.92 Å². The molecule has 1 aromatic carbocycles. The number of fused-ring (bicyclic) bond motifs is 1. The van der Waals surface area contributed by atoms with Gasteiger partial charge in [0.25, 0.3) is 0 Å². The molecule has 0 N–H and O–H groups in total. The minimum Gasteiger partial charge on any atom is -0.359 e. The van der Waals surface area contributed by atoms with Gasteiger partial charge in [0.2, 0.25) is 5.91 Å². The van der Waals surface area contributed by atoms with Crippen molar-refractivity contribution in [3.8, 4) is 0 Å². The topological polar surface area (TPSA) is 36.4 Å². The zero-order valence-electron chi connectivity index (χ0n) is 13.8. The Kier molecular flexibility index (Phi) is 4.60. The minimum absolute atomic E-state index is 0.0497. The van der Waals surface area contributed by atoms with Gasteiger partial charge >= 0.3 is 0 Å². The van der Waals surface area contributed by atoms with Gasteiger partial charge in [-0.25, -0.2) is 0 Å². The molecule has 0 bridgehead atoms. The van der Waals surface area contributed by atoms with E-state index in [0.717, 1.165) is 25.9 Å². The second-order valence-electron chi connectivity index (χ2n) is 6.17. The average molecular weight is 309 g/mol. The first-order valence-electron chi connectivity index (χ1n) is 8.13. The number of carbonyl (C=O) groups is 1. The summed E-state index contributed by atoms with van der Waals surface area (Å²) in [5, 5.41) is 0. The molecule has 1 atom stereocenters. The number of benzene rings is 1. The van der Waals surface area contributed by atoms with Crippen molar-refractivity contribution in [3.05, 3.63) is 59.9 Å². The molecule has 4 nitrogen and oxygen atoms in total. The molecule has 4 rings (SSSR count). The van der Waals surface area contributed by atoms with Gasteiger partial charge in [-0.05, 0) is 31.4 Å². The lowest BCUT2D eigenvalue weighted by Crippen LogP contribution is -2.40. The summed E-state index contributed by atoms with van der Waals surface area (Å²) in [4.78, 5) is 20.2. The Morgan fingerprint density at radius 1 is 1.13 bits per heavy atom. The molecule has 1 amide bonds. The third kappa shape index (κ3) is 3.36.